The molecule has 2 N–H and O–H groups in total. The van der Waals surface area contributed by atoms with Crippen LogP contribution in [0.4, 0.5) is 10.7 Å². The molecule has 88 valence electrons. The Morgan fingerprint density at radius 2 is 2.18 bits per heavy atom. The SMILES string of the molecule is Nc1csc(N(C=O)Cc2ccccc2Cl)c1. The number of thiophene rings is 1. The van der Waals surface area contributed by atoms with E-state index >= 15 is 0 Å². The van der Waals surface area contributed by atoms with Crippen LogP contribution in [0.1, 0.15) is 5.56 Å². The van der Waals surface area contributed by atoms with Crippen LogP contribution < -0.4 is 10.6 Å². The maximum Gasteiger partial charge on any atom is 0.215 e. The van der Waals surface area contributed by atoms with Gasteiger partial charge >= 0.3 is 0 Å². The number of nitrogens with zero attached hydrogens (tertiary/aromatic N) is 1. The average molecular weight is 267 g/mol. The van der Waals surface area contributed by atoms with Crippen LogP contribution in [0.3, 0.4) is 0 Å². The summed E-state index contributed by atoms with van der Waals surface area (Å²) in [6, 6.07) is 9.24. The zero-order valence-electron chi connectivity index (χ0n) is 8.97. The molecule has 1 amide bonds. The van der Waals surface area contributed by atoms with Gasteiger partial charge in [-0.3, -0.25) is 4.79 Å². The lowest BCUT2D eigenvalue weighted by Gasteiger charge is -2.15. The molecule has 0 aliphatic rings. The van der Waals surface area contributed by atoms with E-state index in [9.17, 15) is 4.79 Å². The molecule has 0 saturated carbocycles. The molecular weight excluding hydrogens is 256 g/mol. The summed E-state index contributed by atoms with van der Waals surface area (Å²) in [4.78, 5) is 12.7. The third-order valence-corrected chi connectivity index (χ3v) is 3.67. The Balaban J connectivity index is 2.21. The molecule has 0 bridgehead atoms. The molecule has 1 aromatic heterocycles. The summed E-state index contributed by atoms with van der Waals surface area (Å²) in [6.07, 6.45) is 0.786. The predicted molar refractivity (Wildman–Crippen MR) is 72.4 cm³/mol. The number of carbonyl (C=O) groups is 1. The number of benzene rings is 1. The van der Waals surface area contributed by atoms with E-state index in [1.54, 1.807) is 16.3 Å². The quantitative estimate of drug-likeness (QED) is 0.864. The van der Waals surface area contributed by atoms with Gasteiger partial charge in [0.2, 0.25) is 6.41 Å². The number of hydrogen-bond donors (Lipinski definition) is 1. The molecule has 1 aromatic carbocycles. The van der Waals surface area contributed by atoms with Gasteiger partial charge in [0, 0.05) is 16.1 Å². The summed E-state index contributed by atoms with van der Waals surface area (Å²) in [5, 5.41) is 3.28. The van der Waals surface area contributed by atoms with E-state index in [1.807, 2.05) is 24.3 Å². The zero-order valence-corrected chi connectivity index (χ0v) is 10.5. The highest BCUT2D eigenvalue weighted by molar-refractivity contribution is 7.14. The van der Waals surface area contributed by atoms with Gasteiger partial charge in [0.1, 0.15) is 0 Å². The Hall–Kier alpha value is -1.52. The maximum atomic E-state index is 11.1. The second-order valence-corrected chi connectivity index (χ2v) is 4.84. The van der Waals surface area contributed by atoms with Crippen molar-refractivity contribution < 1.29 is 4.79 Å². The first-order valence-electron chi connectivity index (χ1n) is 5.00. The van der Waals surface area contributed by atoms with Crippen molar-refractivity contribution >= 4 is 40.0 Å². The molecule has 0 aliphatic carbocycles. The molecule has 2 aromatic rings. The van der Waals surface area contributed by atoms with Gasteiger partial charge in [0.05, 0.1) is 11.5 Å². The summed E-state index contributed by atoms with van der Waals surface area (Å²) >= 11 is 7.49. The number of nitrogen functional groups attached to an aromatic ring is 1. The lowest BCUT2D eigenvalue weighted by Crippen LogP contribution is -2.19. The lowest BCUT2D eigenvalue weighted by atomic mass is 10.2. The summed E-state index contributed by atoms with van der Waals surface area (Å²) in [7, 11) is 0. The third-order valence-electron chi connectivity index (χ3n) is 2.31. The molecule has 0 unspecified atom stereocenters. The van der Waals surface area contributed by atoms with Crippen molar-refractivity contribution in [1.29, 1.82) is 0 Å². The summed E-state index contributed by atoms with van der Waals surface area (Å²) in [6.45, 7) is 0.448. The Kier molecular flexibility index (Phi) is 3.66. The highest BCUT2D eigenvalue weighted by Gasteiger charge is 2.10. The third kappa shape index (κ3) is 2.78. The van der Waals surface area contributed by atoms with Gasteiger partial charge in [-0.2, -0.15) is 0 Å². The summed E-state index contributed by atoms with van der Waals surface area (Å²) in [5.74, 6) is 0. The molecule has 5 heteroatoms. The van der Waals surface area contributed by atoms with Crippen LogP contribution in [-0.4, -0.2) is 6.41 Å². The van der Waals surface area contributed by atoms with Crippen LogP contribution in [0.25, 0.3) is 0 Å². The van der Waals surface area contributed by atoms with E-state index in [0.29, 0.717) is 17.3 Å². The van der Waals surface area contributed by atoms with Crippen molar-refractivity contribution in [2.75, 3.05) is 10.6 Å². The first kappa shape index (κ1) is 12.0. The Labute approximate surface area is 108 Å². The van der Waals surface area contributed by atoms with Gasteiger partial charge in [0.15, 0.2) is 0 Å². The van der Waals surface area contributed by atoms with Gasteiger partial charge in [-0.15, -0.1) is 11.3 Å². The fraction of sp³-hybridized carbons (Fsp3) is 0.0833. The van der Waals surface area contributed by atoms with Crippen LogP contribution in [0.5, 0.6) is 0 Å². The van der Waals surface area contributed by atoms with Gasteiger partial charge in [-0.05, 0) is 17.7 Å². The van der Waals surface area contributed by atoms with Crippen molar-refractivity contribution in [3.63, 3.8) is 0 Å². The number of hydrogen-bond acceptors (Lipinski definition) is 3. The largest absolute Gasteiger partial charge is 0.398 e. The van der Waals surface area contributed by atoms with Crippen LogP contribution in [0.2, 0.25) is 5.02 Å². The molecule has 0 radical (unpaired) electrons. The van der Waals surface area contributed by atoms with E-state index in [-0.39, 0.29) is 0 Å². The van der Waals surface area contributed by atoms with Crippen molar-refractivity contribution in [3.05, 3.63) is 46.3 Å². The fourth-order valence-electron chi connectivity index (χ4n) is 1.47. The molecule has 0 atom stereocenters. The van der Waals surface area contributed by atoms with Gasteiger partial charge in [-0.1, -0.05) is 29.8 Å². The first-order chi connectivity index (χ1) is 8.20. The lowest BCUT2D eigenvalue weighted by molar-refractivity contribution is -0.107. The van der Waals surface area contributed by atoms with Crippen LogP contribution >= 0.6 is 22.9 Å². The topological polar surface area (TPSA) is 46.3 Å². The molecule has 17 heavy (non-hydrogen) atoms. The van der Waals surface area contributed by atoms with E-state index in [1.165, 1.54) is 11.3 Å². The summed E-state index contributed by atoms with van der Waals surface area (Å²) < 4.78 is 0. The molecule has 1 heterocycles. The Morgan fingerprint density at radius 1 is 1.41 bits per heavy atom. The first-order valence-corrected chi connectivity index (χ1v) is 6.26. The predicted octanol–water partition coefficient (Wildman–Crippen LogP) is 3.15. The average Bonchev–Trinajstić information content (AvgIpc) is 2.75. The smallest absolute Gasteiger partial charge is 0.215 e. The highest BCUT2D eigenvalue weighted by Crippen LogP contribution is 2.27. The van der Waals surface area contributed by atoms with Gasteiger partial charge in [0.25, 0.3) is 0 Å². The monoisotopic (exact) mass is 266 g/mol. The molecule has 0 aliphatic heterocycles. The van der Waals surface area contributed by atoms with E-state index in [0.717, 1.165) is 17.0 Å². The number of carbonyl (C=O) groups excluding carboxylic acids is 1. The minimum absolute atomic E-state index is 0.448. The van der Waals surface area contributed by atoms with E-state index in [2.05, 4.69) is 0 Å². The fourth-order valence-corrected chi connectivity index (χ4v) is 2.43. The normalized spacial score (nSPS) is 10.2. The minimum Gasteiger partial charge on any atom is -0.398 e. The Bertz CT molecular complexity index is 527. The Morgan fingerprint density at radius 3 is 2.76 bits per heavy atom. The van der Waals surface area contributed by atoms with Crippen molar-refractivity contribution in [3.8, 4) is 0 Å². The van der Waals surface area contributed by atoms with Crippen LogP contribution in [-0.2, 0) is 11.3 Å². The second kappa shape index (κ2) is 5.21. The van der Waals surface area contributed by atoms with Crippen LogP contribution in [0, 0.1) is 0 Å². The second-order valence-electron chi connectivity index (χ2n) is 3.54. The van der Waals surface area contributed by atoms with Crippen molar-refractivity contribution in [2.45, 2.75) is 6.54 Å². The molecule has 2 rings (SSSR count). The van der Waals surface area contributed by atoms with Crippen molar-refractivity contribution in [1.82, 2.24) is 0 Å². The number of rotatable bonds is 4. The number of anilines is 2. The molecule has 0 spiro atoms. The van der Waals surface area contributed by atoms with Crippen LogP contribution in [0.15, 0.2) is 35.7 Å². The number of amides is 1. The minimum atomic E-state index is 0.448. The number of nitrogens with two attached hydrogens (primary N) is 1. The molecule has 0 fully saturated rings. The van der Waals surface area contributed by atoms with E-state index < -0.39 is 0 Å². The molecule has 0 saturated heterocycles. The standard InChI is InChI=1S/C12H11ClN2OS/c13-11-4-2-1-3-9(11)6-15(8-16)12-5-10(14)7-17-12/h1-5,7-8H,6,14H2. The van der Waals surface area contributed by atoms with Gasteiger partial charge < -0.3 is 10.6 Å². The highest BCUT2D eigenvalue weighted by atomic mass is 35.5. The number of halogens is 1. The zero-order chi connectivity index (χ0) is 12.3. The van der Waals surface area contributed by atoms with Gasteiger partial charge in [-0.25, -0.2) is 0 Å². The maximum absolute atomic E-state index is 11.1. The van der Waals surface area contributed by atoms with E-state index in [4.69, 9.17) is 17.3 Å². The van der Waals surface area contributed by atoms with Crippen molar-refractivity contribution in [2.24, 2.45) is 0 Å². The molecule has 3 nitrogen and oxygen atoms in total. The molecular formula is C12H11ClN2OS. The summed E-state index contributed by atoms with van der Waals surface area (Å²) in [5.41, 5.74) is 7.21.